The third-order valence-electron chi connectivity index (χ3n) is 5.52. The molecule has 0 atom stereocenters. The van der Waals surface area contributed by atoms with E-state index in [1.807, 2.05) is 0 Å². The van der Waals surface area contributed by atoms with Crippen LogP contribution in [0.4, 0.5) is 32.0 Å². The van der Waals surface area contributed by atoms with Crippen molar-refractivity contribution in [1.82, 2.24) is 24.7 Å². The number of aromatic nitrogens is 4. The number of anilines is 1. The molecular formula is C23H12F6N6O2. The molecule has 0 radical (unpaired) electrons. The third kappa shape index (κ3) is 4.12. The molecule has 8 nitrogen and oxygen atoms in total. The minimum Gasteiger partial charge on any atom is -0.352 e. The second-order valence-corrected chi connectivity index (χ2v) is 7.76. The van der Waals surface area contributed by atoms with Crippen LogP contribution in [-0.2, 0) is 17.1 Å². The van der Waals surface area contributed by atoms with Gasteiger partial charge in [0.1, 0.15) is 5.70 Å². The Balaban J connectivity index is 1.57. The fourth-order valence-corrected chi connectivity index (χ4v) is 3.97. The number of nitrogens with one attached hydrogen (secondary N) is 2. The van der Waals surface area contributed by atoms with E-state index in [0.29, 0.717) is 10.9 Å². The number of nitrogens with zero attached hydrogens (tertiary/aromatic N) is 4. The molecule has 1 aliphatic heterocycles. The Morgan fingerprint density at radius 2 is 1.81 bits per heavy atom. The van der Waals surface area contributed by atoms with Gasteiger partial charge in [0.15, 0.2) is 11.6 Å². The maximum Gasteiger partial charge on any atom is 0.434 e. The van der Waals surface area contributed by atoms with Gasteiger partial charge in [-0.15, -0.1) is 0 Å². The summed E-state index contributed by atoms with van der Waals surface area (Å²) in [6.45, 7) is 0. The smallest absolute Gasteiger partial charge is 0.352 e. The van der Waals surface area contributed by atoms with Crippen LogP contribution in [0.3, 0.4) is 0 Å². The van der Waals surface area contributed by atoms with Gasteiger partial charge in [0, 0.05) is 23.5 Å². The Morgan fingerprint density at radius 1 is 1.03 bits per heavy atom. The molecule has 2 N–H and O–H groups in total. The topological polar surface area (TPSA) is 93.3 Å². The van der Waals surface area contributed by atoms with E-state index in [2.05, 4.69) is 20.8 Å². The van der Waals surface area contributed by atoms with E-state index >= 15 is 0 Å². The van der Waals surface area contributed by atoms with E-state index in [9.17, 15) is 35.9 Å². The summed E-state index contributed by atoms with van der Waals surface area (Å²) in [5, 5.41) is 12.3. The average molecular weight is 518 g/mol. The molecule has 1 amide bonds. The molecule has 1 aliphatic rings. The zero-order valence-electron chi connectivity index (χ0n) is 18.1. The summed E-state index contributed by atoms with van der Waals surface area (Å²) in [4.78, 5) is 24.1. The highest BCUT2D eigenvalue weighted by Crippen LogP contribution is 2.37. The normalized spacial score (nSPS) is 13.3. The second kappa shape index (κ2) is 8.38. The lowest BCUT2D eigenvalue weighted by molar-refractivity contribution is -0.143. The van der Waals surface area contributed by atoms with Crippen molar-refractivity contribution in [3.05, 3.63) is 83.1 Å². The summed E-state index contributed by atoms with van der Waals surface area (Å²) >= 11 is 0. The van der Waals surface area contributed by atoms with Gasteiger partial charge in [-0.25, -0.2) is 14.0 Å². The molecule has 188 valence electrons. The van der Waals surface area contributed by atoms with Gasteiger partial charge in [-0.3, -0.25) is 4.79 Å². The van der Waals surface area contributed by atoms with E-state index in [-0.39, 0.29) is 28.2 Å². The molecule has 0 spiro atoms. The van der Waals surface area contributed by atoms with Crippen LogP contribution in [0.2, 0.25) is 0 Å². The predicted molar refractivity (Wildman–Crippen MR) is 118 cm³/mol. The number of carbonyl (C=O) groups excluding carboxylic acids is 2. The van der Waals surface area contributed by atoms with Gasteiger partial charge in [-0.2, -0.15) is 36.5 Å². The summed E-state index contributed by atoms with van der Waals surface area (Å²) in [6, 6.07) is 5.97. The maximum atomic E-state index is 14.2. The van der Waals surface area contributed by atoms with Crippen LogP contribution in [0, 0.1) is 0 Å². The van der Waals surface area contributed by atoms with Crippen molar-refractivity contribution in [1.29, 1.82) is 0 Å². The molecule has 0 fully saturated rings. The summed E-state index contributed by atoms with van der Waals surface area (Å²) in [5.74, 6) is 0.405. The molecule has 4 heterocycles. The molecular weight excluding hydrogens is 506 g/mol. The van der Waals surface area contributed by atoms with Crippen LogP contribution >= 0.6 is 0 Å². The zero-order valence-corrected chi connectivity index (χ0v) is 18.1. The number of alkyl halides is 6. The summed E-state index contributed by atoms with van der Waals surface area (Å²) in [5.41, 5.74) is -3.54. The van der Waals surface area contributed by atoms with Crippen molar-refractivity contribution < 1.29 is 35.9 Å². The van der Waals surface area contributed by atoms with Gasteiger partial charge in [0.2, 0.25) is 0 Å². The number of benzene rings is 1. The molecule has 0 unspecified atom stereocenters. The molecule has 5 rings (SSSR count). The lowest BCUT2D eigenvalue weighted by Crippen LogP contribution is -2.22. The number of hydrogen-bond donors (Lipinski definition) is 2. The van der Waals surface area contributed by atoms with Crippen molar-refractivity contribution in [3.8, 4) is 5.69 Å². The minimum absolute atomic E-state index is 0.00420. The molecule has 0 saturated carbocycles. The number of hydrogen-bond acceptors (Lipinski definition) is 5. The lowest BCUT2D eigenvalue weighted by Gasteiger charge is -2.19. The number of carbonyl (C=O) groups is 1. The third-order valence-corrected chi connectivity index (χ3v) is 5.52. The first kappa shape index (κ1) is 23.9. The van der Waals surface area contributed by atoms with Crippen molar-refractivity contribution in [2.75, 3.05) is 5.32 Å². The number of halogens is 6. The number of amides is 1. The fraction of sp³-hybridized carbons (Fsp3) is 0.0870. The number of fused-ring (bicyclic) bond motifs is 2. The summed E-state index contributed by atoms with van der Waals surface area (Å²) in [7, 11) is 0. The first-order valence-corrected chi connectivity index (χ1v) is 10.3. The monoisotopic (exact) mass is 518 g/mol. The largest absolute Gasteiger partial charge is 0.434 e. The first-order valence-electron chi connectivity index (χ1n) is 10.3. The van der Waals surface area contributed by atoms with E-state index in [4.69, 9.17) is 0 Å². The van der Waals surface area contributed by atoms with Gasteiger partial charge in [-0.1, -0.05) is 12.1 Å². The Hall–Kier alpha value is -4.84. The zero-order chi connectivity index (χ0) is 26.5. The van der Waals surface area contributed by atoms with Crippen molar-refractivity contribution in [2.45, 2.75) is 12.4 Å². The second-order valence-electron chi connectivity index (χ2n) is 7.76. The molecule has 0 bridgehead atoms. The average Bonchev–Trinajstić information content (AvgIpc) is 3.47. The van der Waals surface area contributed by atoms with Crippen molar-refractivity contribution >= 4 is 34.8 Å². The van der Waals surface area contributed by atoms with Crippen LogP contribution in [0.5, 0.6) is 0 Å². The lowest BCUT2D eigenvalue weighted by atomic mass is 10.0. The molecule has 4 aromatic rings. The molecule has 1 aromatic carbocycles. The molecule has 0 saturated heterocycles. The predicted octanol–water partition coefficient (Wildman–Crippen LogP) is 4.56. The van der Waals surface area contributed by atoms with Crippen LogP contribution < -0.4 is 10.6 Å². The Morgan fingerprint density at radius 3 is 2.51 bits per heavy atom. The Bertz CT molecular complexity index is 1640. The standard InChI is InChI=1S/C23H12F6N6O2/c24-22(25,26)16-5-7-34-19(16)8-12(9-31-34)33-21(37)15-10-32-35(20(15)23(27,28)29)18-3-1-2-13-14(18)4-6-30-17(13)11-36/h1-10,30H,(H,33,37). The fourth-order valence-electron chi connectivity index (χ4n) is 3.97. The molecule has 37 heavy (non-hydrogen) atoms. The molecule has 0 aliphatic carbocycles. The quantitative estimate of drug-likeness (QED) is 0.307. The highest BCUT2D eigenvalue weighted by atomic mass is 19.4. The highest BCUT2D eigenvalue weighted by molar-refractivity contribution is 6.05. The summed E-state index contributed by atoms with van der Waals surface area (Å²) < 4.78 is 83.6. The van der Waals surface area contributed by atoms with E-state index in [1.54, 1.807) is 5.94 Å². The number of rotatable bonds is 3. The van der Waals surface area contributed by atoms with Crippen LogP contribution in [0.1, 0.15) is 32.7 Å². The van der Waals surface area contributed by atoms with Gasteiger partial charge in [0.05, 0.1) is 40.4 Å². The van der Waals surface area contributed by atoms with E-state index < -0.39 is 40.6 Å². The van der Waals surface area contributed by atoms with Gasteiger partial charge in [0.25, 0.3) is 5.91 Å². The van der Waals surface area contributed by atoms with Crippen molar-refractivity contribution in [2.24, 2.45) is 0 Å². The van der Waals surface area contributed by atoms with Crippen molar-refractivity contribution in [3.63, 3.8) is 0 Å². The van der Waals surface area contributed by atoms with E-state index in [1.165, 1.54) is 30.5 Å². The van der Waals surface area contributed by atoms with Crippen LogP contribution in [0.15, 0.2) is 55.1 Å². The first-order chi connectivity index (χ1) is 17.5. The van der Waals surface area contributed by atoms with Gasteiger partial charge in [-0.05, 0) is 24.3 Å². The Labute approximate surface area is 202 Å². The van der Waals surface area contributed by atoms with Gasteiger partial charge < -0.3 is 10.6 Å². The highest BCUT2D eigenvalue weighted by Gasteiger charge is 2.41. The maximum absolute atomic E-state index is 14.2. The molecule has 3 aromatic heterocycles. The van der Waals surface area contributed by atoms with Crippen LogP contribution in [-0.4, -0.2) is 31.2 Å². The van der Waals surface area contributed by atoms with Gasteiger partial charge >= 0.3 is 12.4 Å². The summed E-state index contributed by atoms with van der Waals surface area (Å²) in [6.07, 6.45) is -4.23. The van der Waals surface area contributed by atoms with Crippen LogP contribution in [0.25, 0.3) is 23.0 Å². The van der Waals surface area contributed by atoms with E-state index in [0.717, 1.165) is 29.0 Å². The SMILES string of the molecule is O=C=C1NC=Cc2c1cccc2-n1ncc(C(=O)Nc2cnn3ccc(C(F)(F)F)c3c2)c1C(F)(F)F. The Kier molecular flexibility index (Phi) is 5.41. The molecule has 14 heteroatoms. The minimum atomic E-state index is -5.06.